The molecule has 0 fully saturated rings. The van der Waals surface area contributed by atoms with E-state index in [0.29, 0.717) is 12.1 Å². The molecule has 0 aliphatic heterocycles. The first-order chi connectivity index (χ1) is 25.5. The van der Waals surface area contributed by atoms with E-state index in [1.807, 2.05) is 0 Å². The van der Waals surface area contributed by atoms with E-state index in [9.17, 15) is 26.3 Å². The van der Waals surface area contributed by atoms with Gasteiger partial charge in [0.25, 0.3) is 0 Å². The van der Waals surface area contributed by atoms with Gasteiger partial charge in [0.1, 0.15) is 0 Å². The maximum Gasteiger partial charge on any atom is -0.0134 e. The normalized spacial score (nSPS) is 11.3. The van der Waals surface area contributed by atoms with Crippen LogP contribution in [0.4, 0.5) is 26.3 Å². The summed E-state index contributed by atoms with van der Waals surface area (Å²) in [4.78, 5) is 0. The molecule has 7 rings (SSSR count). The zero-order valence-corrected chi connectivity index (χ0v) is 31.4. The fraction of sp³-hybridized carbons (Fsp3) is 0.0455. The summed E-state index contributed by atoms with van der Waals surface area (Å²) in [6.07, 6.45) is -9.56. The van der Waals surface area contributed by atoms with E-state index in [-0.39, 0.29) is 10.1 Å². The second-order valence-corrected chi connectivity index (χ2v) is 16.7. The molecule has 0 nitrogen and oxygen atoms in total. The van der Waals surface area contributed by atoms with Crippen molar-refractivity contribution in [2.75, 3.05) is 0 Å². The van der Waals surface area contributed by atoms with Crippen molar-refractivity contribution in [3.8, 4) is 0 Å². The predicted molar refractivity (Wildman–Crippen MR) is 206 cm³/mol. The molecule has 0 aromatic heterocycles. The molecule has 0 saturated carbocycles. The van der Waals surface area contributed by atoms with Crippen molar-refractivity contribution in [2.45, 2.75) is 12.4 Å². The van der Waals surface area contributed by atoms with Crippen molar-refractivity contribution < 1.29 is 45.5 Å². The third-order valence-electron chi connectivity index (χ3n) is 7.62. The minimum atomic E-state index is -4.78. The maximum atomic E-state index is 12.2. The zero-order chi connectivity index (χ0) is 37.7. The van der Waals surface area contributed by atoms with E-state index in [4.69, 9.17) is 0 Å². The van der Waals surface area contributed by atoms with Gasteiger partial charge >= 0.3 is 91.3 Å². The molecule has 271 valence electrons. The molecule has 0 saturated heterocycles. The third-order valence-corrected chi connectivity index (χ3v) is 13.0. The molecule has 9 heteroatoms. The molecule has 0 spiro atoms. The molecule has 0 aliphatic rings. The molecule has 7 aromatic rings. The molecule has 0 N–H and O–H groups in total. The van der Waals surface area contributed by atoms with Crippen LogP contribution in [0, 0.1) is 0 Å². The largest absolute Gasteiger partial charge is 0.0622 e. The third kappa shape index (κ3) is 11.8. The second kappa shape index (κ2) is 19.1. The minimum Gasteiger partial charge on any atom is -0.0622 e. The van der Waals surface area contributed by atoms with Crippen molar-refractivity contribution in [1.29, 1.82) is 0 Å². The van der Waals surface area contributed by atoms with E-state index >= 15 is 0 Å². The molecule has 0 aliphatic carbocycles. The van der Waals surface area contributed by atoms with E-state index in [1.165, 1.54) is 31.8 Å². The Hall–Kier alpha value is -4.36. The van der Waals surface area contributed by atoms with Crippen LogP contribution in [0.1, 0.15) is 11.1 Å². The molecular formula is C44H33F6P2Pd. The number of rotatable bonds is 6. The Balaban J connectivity index is 0.000000155. The van der Waals surface area contributed by atoms with Gasteiger partial charge in [-0.3, -0.25) is 0 Å². The monoisotopic (exact) mass is 843 g/mol. The standard InChI is InChI=1S/2C18H15P.C8H3F6.Pd/c2*1-4-10-16(11-5-1)19(17-12-6-2-7-13-17)18-14-8-3-9-15-18;9-7(10,11)5-2-1-3-6(4-5)8(12,13)14;/h2*1-15H;2-4H;. The fourth-order valence-corrected chi connectivity index (χ4v) is 10.3. The molecule has 53 heavy (non-hydrogen) atoms. The minimum absolute atomic E-state index is 0.0802. The predicted octanol–water partition coefficient (Wildman–Crippen LogP) is 9.79. The zero-order valence-electron chi connectivity index (χ0n) is 28.0. The van der Waals surface area contributed by atoms with Crippen molar-refractivity contribution in [3.05, 3.63) is 211 Å². The summed E-state index contributed by atoms with van der Waals surface area (Å²) in [5, 5.41) is 8.39. The maximum absolute atomic E-state index is 12.2. The van der Waals surface area contributed by atoms with Crippen LogP contribution >= 0.6 is 15.8 Å². The van der Waals surface area contributed by atoms with E-state index in [0.717, 1.165) is 0 Å². The summed E-state index contributed by atoms with van der Waals surface area (Å²) < 4.78 is 72.7. The van der Waals surface area contributed by atoms with Crippen LogP contribution in [-0.2, 0) is 31.6 Å². The van der Waals surface area contributed by atoms with Crippen LogP contribution in [-0.4, -0.2) is 0 Å². The Morgan fingerprint density at radius 1 is 0.302 bits per heavy atom. The van der Waals surface area contributed by atoms with Crippen LogP contribution in [0.3, 0.4) is 0 Å². The van der Waals surface area contributed by atoms with Gasteiger partial charge in [-0.1, -0.05) is 182 Å². The van der Waals surface area contributed by atoms with Crippen LogP contribution in [0.25, 0.3) is 0 Å². The Kier molecular flexibility index (Phi) is 14.4. The summed E-state index contributed by atoms with van der Waals surface area (Å²) in [5.74, 6) is 0. The van der Waals surface area contributed by atoms with Gasteiger partial charge < -0.3 is 0 Å². The van der Waals surface area contributed by atoms with Crippen LogP contribution in [0.5, 0.6) is 0 Å². The molecule has 0 amide bonds. The van der Waals surface area contributed by atoms with E-state index in [1.54, 1.807) is 0 Å². The van der Waals surface area contributed by atoms with Gasteiger partial charge in [0.05, 0.1) is 0 Å². The topological polar surface area (TPSA) is 0 Å². The number of alkyl halides is 6. The van der Waals surface area contributed by atoms with Crippen molar-refractivity contribution in [1.82, 2.24) is 0 Å². The first-order valence-electron chi connectivity index (χ1n) is 16.3. The molecule has 0 radical (unpaired) electrons. The summed E-state index contributed by atoms with van der Waals surface area (Å²) in [6, 6.07) is 66.0. The van der Waals surface area contributed by atoms with Gasteiger partial charge in [-0.05, 0) is 47.7 Å². The molecule has 0 atom stereocenters. The van der Waals surface area contributed by atoms with Gasteiger partial charge in [0.15, 0.2) is 0 Å². The van der Waals surface area contributed by atoms with Crippen LogP contribution < -0.4 is 35.9 Å². The first-order valence-corrected chi connectivity index (χ1v) is 19.8. The Labute approximate surface area is 319 Å². The molecular weight excluding hydrogens is 811 g/mol. The average molecular weight is 844 g/mol. The SMILES string of the molecule is FC(F)(F)c1c[c]([Pd])cc(C(F)(F)F)c1.c1ccc(P(c2ccccc2)c2ccccc2)cc1.c1ccc(P(c2ccccc2)c2ccccc2)cc1. The van der Waals surface area contributed by atoms with Crippen molar-refractivity contribution >= 4 is 51.7 Å². The molecule has 0 heterocycles. The first kappa shape index (κ1) is 39.8. The molecule has 0 unspecified atom stereocenters. The van der Waals surface area contributed by atoms with Gasteiger partial charge in [0, 0.05) is 0 Å². The van der Waals surface area contributed by atoms with Crippen molar-refractivity contribution in [2.24, 2.45) is 0 Å². The summed E-state index contributed by atoms with van der Waals surface area (Å²) in [5.41, 5.74) is -2.64. The molecule has 7 aromatic carbocycles. The van der Waals surface area contributed by atoms with Gasteiger partial charge in [-0.25, -0.2) is 0 Å². The van der Waals surface area contributed by atoms with Gasteiger partial charge in [-0.15, -0.1) is 0 Å². The second-order valence-electron chi connectivity index (χ2n) is 11.4. The average Bonchev–Trinajstić information content (AvgIpc) is 3.17. The van der Waals surface area contributed by atoms with Crippen LogP contribution in [0.2, 0.25) is 0 Å². The fourth-order valence-electron chi connectivity index (χ4n) is 5.25. The number of hydrogen-bond acceptors (Lipinski definition) is 0. The van der Waals surface area contributed by atoms with Crippen molar-refractivity contribution in [3.63, 3.8) is 0 Å². The summed E-state index contributed by atoms with van der Waals surface area (Å²) in [6.45, 7) is 0. The smallest absolute Gasteiger partial charge is 0.0134 e. The Morgan fingerprint density at radius 3 is 0.660 bits per heavy atom. The van der Waals surface area contributed by atoms with Gasteiger partial charge in [-0.2, -0.15) is 0 Å². The molecule has 0 bridgehead atoms. The Morgan fingerprint density at radius 2 is 0.491 bits per heavy atom. The van der Waals surface area contributed by atoms with Gasteiger partial charge in [0.2, 0.25) is 0 Å². The summed E-state index contributed by atoms with van der Waals surface area (Å²) >= 11 is 2.32. The van der Waals surface area contributed by atoms with E-state index in [2.05, 4.69) is 201 Å². The quantitative estimate of drug-likeness (QED) is 0.0890. The number of benzene rings is 7. The van der Waals surface area contributed by atoms with E-state index < -0.39 is 39.3 Å². The number of hydrogen-bond donors (Lipinski definition) is 0. The summed E-state index contributed by atoms with van der Waals surface area (Å²) in [7, 11) is -0.892. The number of halogens is 6. The Bertz CT molecular complexity index is 1760. The van der Waals surface area contributed by atoms with Crippen LogP contribution in [0.15, 0.2) is 200 Å².